The minimum absolute atomic E-state index is 0.0111. The molecule has 4 rings (SSSR count). The maximum absolute atomic E-state index is 13.4. The summed E-state index contributed by atoms with van der Waals surface area (Å²) < 4.78 is 41.0. The summed E-state index contributed by atoms with van der Waals surface area (Å²) in [4.78, 5) is 34.3. The Bertz CT molecular complexity index is 1430. The Hall–Kier alpha value is -3.99. The molecule has 3 heterocycles. The van der Waals surface area contributed by atoms with Crippen LogP contribution in [0.2, 0.25) is 5.02 Å². The van der Waals surface area contributed by atoms with Gasteiger partial charge in [0, 0.05) is 24.7 Å². The molecule has 1 aromatic carbocycles. The van der Waals surface area contributed by atoms with Crippen LogP contribution in [0.25, 0.3) is 16.7 Å². The van der Waals surface area contributed by atoms with Crippen molar-refractivity contribution in [2.75, 3.05) is 12.4 Å². The number of alkyl halides is 3. The zero-order valence-electron chi connectivity index (χ0n) is 17.7. The van der Waals surface area contributed by atoms with Gasteiger partial charge in [-0.25, -0.2) is 9.67 Å². The van der Waals surface area contributed by atoms with Crippen LogP contribution in [0.4, 0.5) is 18.9 Å². The standard InChI is InChI=1S/C22H16ClF3N6O2/c1-11-18(17(21(34)27-2)12-6-3-4-8-14(12)29-11)30-20(33)15-10-16(22(24,25)26)31-32(15)19-13(23)7-5-9-28-19/h3-10H,1-2H3,(H,27,34)(H,30,33). The number of carbonyl (C=O) groups excluding carboxylic acids is 2. The topological polar surface area (TPSA) is 102 Å². The first-order valence-electron chi connectivity index (χ1n) is 9.82. The number of halogens is 4. The maximum Gasteiger partial charge on any atom is 0.435 e. The van der Waals surface area contributed by atoms with Crippen LogP contribution in [0.5, 0.6) is 0 Å². The average molecular weight is 489 g/mol. The van der Waals surface area contributed by atoms with Crippen molar-refractivity contribution in [2.45, 2.75) is 13.1 Å². The molecule has 0 aliphatic rings. The van der Waals surface area contributed by atoms with Crippen LogP contribution in [-0.4, -0.2) is 38.6 Å². The minimum atomic E-state index is -4.82. The number of amides is 2. The van der Waals surface area contributed by atoms with Crippen LogP contribution in [-0.2, 0) is 6.18 Å². The second kappa shape index (κ2) is 8.75. The monoisotopic (exact) mass is 488 g/mol. The summed E-state index contributed by atoms with van der Waals surface area (Å²) in [5, 5.41) is 9.00. The molecule has 0 saturated heterocycles. The smallest absolute Gasteiger partial charge is 0.355 e. The van der Waals surface area contributed by atoms with Crippen LogP contribution in [0, 0.1) is 6.92 Å². The van der Waals surface area contributed by atoms with Crippen LogP contribution < -0.4 is 10.6 Å². The number of pyridine rings is 2. The molecule has 0 saturated carbocycles. The third-order valence-electron chi connectivity index (χ3n) is 4.94. The summed E-state index contributed by atoms with van der Waals surface area (Å²) >= 11 is 6.10. The molecular formula is C22H16ClF3N6O2. The molecule has 0 atom stereocenters. The average Bonchev–Trinajstić information content (AvgIpc) is 3.25. The molecule has 34 heavy (non-hydrogen) atoms. The Morgan fingerprint density at radius 3 is 2.50 bits per heavy atom. The van der Waals surface area contributed by atoms with Gasteiger partial charge in [-0.15, -0.1) is 0 Å². The number of nitrogens with one attached hydrogen (secondary N) is 2. The SMILES string of the molecule is CNC(=O)c1c(NC(=O)c2cc(C(F)(F)F)nn2-c2ncccc2Cl)c(C)nc2ccccc12. The van der Waals surface area contributed by atoms with Crippen molar-refractivity contribution in [1.29, 1.82) is 0 Å². The maximum atomic E-state index is 13.4. The van der Waals surface area contributed by atoms with E-state index >= 15 is 0 Å². The summed E-state index contributed by atoms with van der Waals surface area (Å²) in [6.07, 6.45) is -3.52. The molecule has 0 radical (unpaired) electrons. The Balaban J connectivity index is 1.87. The van der Waals surface area contributed by atoms with Gasteiger partial charge in [0.25, 0.3) is 11.8 Å². The molecule has 0 aliphatic carbocycles. The first-order chi connectivity index (χ1) is 16.1. The van der Waals surface area contributed by atoms with E-state index in [0.717, 1.165) is 0 Å². The number of benzene rings is 1. The molecule has 0 spiro atoms. The Morgan fingerprint density at radius 1 is 1.09 bits per heavy atom. The molecule has 0 fully saturated rings. The van der Waals surface area contributed by atoms with E-state index in [2.05, 4.69) is 25.7 Å². The zero-order chi connectivity index (χ0) is 24.6. The number of anilines is 1. The second-order valence-corrected chi connectivity index (χ2v) is 7.54. The van der Waals surface area contributed by atoms with E-state index < -0.39 is 29.4 Å². The van der Waals surface area contributed by atoms with Crippen LogP contribution >= 0.6 is 11.6 Å². The fraction of sp³-hybridized carbons (Fsp3) is 0.136. The highest BCUT2D eigenvalue weighted by Crippen LogP contribution is 2.32. The van der Waals surface area contributed by atoms with Gasteiger partial charge in [-0.1, -0.05) is 29.8 Å². The van der Waals surface area contributed by atoms with E-state index in [1.54, 1.807) is 31.2 Å². The third kappa shape index (κ3) is 4.17. The highest BCUT2D eigenvalue weighted by Gasteiger charge is 2.37. The van der Waals surface area contributed by atoms with Crippen molar-refractivity contribution >= 4 is 40.0 Å². The van der Waals surface area contributed by atoms with Crippen molar-refractivity contribution in [3.05, 3.63) is 76.3 Å². The van der Waals surface area contributed by atoms with E-state index in [1.807, 2.05) is 0 Å². The van der Waals surface area contributed by atoms with Gasteiger partial charge in [0.15, 0.2) is 11.5 Å². The highest BCUT2D eigenvalue weighted by atomic mass is 35.5. The Kier molecular flexibility index (Phi) is 5.96. The number of para-hydroxylation sites is 1. The quantitative estimate of drug-likeness (QED) is 0.443. The normalized spacial score (nSPS) is 11.5. The molecule has 8 nitrogen and oxygen atoms in total. The van der Waals surface area contributed by atoms with Gasteiger partial charge in [0.05, 0.1) is 27.5 Å². The molecule has 2 amide bonds. The number of aryl methyl sites for hydroxylation is 1. The molecular weight excluding hydrogens is 473 g/mol. The van der Waals surface area contributed by atoms with Gasteiger partial charge < -0.3 is 10.6 Å². The number of hydrogen-bond donors (Lipinski definition) is 2. The number of nitrogens with zero attached hydrogens (tertiary/aromatic N) is 4. The second-order valence-electron chi connectivity index (χ2n) is 7.13. The zero-order valence-corrected chi connectivity index (χ0v) is 18.5. The van der Waals surface area contributed by atoms with Gasteiger partial charge in [-0.2, -0.15) is 18.3 Å². The minimum Gasteiger partial charge on any atom is -0.355 e. The molecule has 0 bridgehead atoms. The predicted molar refractivity (Wildman–Crippen MR) is 119 cm³/mol. The number of fused-ring (bicyclic) bond motifs is 1. The van der Waals surface area contributed by atoms with E-state index in [-0.39, 0.29) is 22.1 Å². The number of aromatic nitrogens is 4. The Morgan fingerprint density at radius 2 is 1.82 bits per heavy atom. The van der Waals surface area contributed by atoms with E-state index in [4.69, 9.17) is 11.6 Å². The van der Waals surface area contributed by atoms with Crippen LogP contribution in [0.3, 0.4) is 0 Å². The lowest BCUT2D eigenvalue weighted by molar-refractivity contribution is -0.141. The highest BCUT2D eigenvalue weighted by molar-refractivity contribution is 6.32. The van der Waals surface area contributed by atoms with Crippen molar-refractivity contribution in [2.24, 2.45) is 0 Å². The van der Waals surface area contributed by atoms with Crippen molar-refractivity contribution in [3.63, 3.8) is 0 Å². The van der Waals surface area contributed by atoms with Crippen molar-refractivity contribution < 1.29 is 22.8 Å². The van der Waals surface area contributed by atoms with Gasteiger partial charge in [0.2, 0.25) is 0 Å². The predicted octanol–water partition coefficient (Wildman–Crippen LogP) is 4.41. The molecule has 0 aliphatic heterocycles. The first kappa shape index (κ1) is 23.2. The largest absolute Gasteiger partial charge is 0.435 e. The van der Waals surface area contributed by atoms with E-state index in [1.165, 1.54) is 25.4 Å². The van der Waals surface area contributed by atoms with E-state index in [9.17, 15) is 22.8 Å². The molecule has 0 unspecified atom stereocenters. The lowest BCUT2D eigenvalue weighted by Gasteiger charge is -2.16. The Labute approximate surface area is 195 Å². The van der Waals surface area contributed by atoms with Crippen LogP contribution in [0.1, 0.15) is 32.2 Å². The van der Waals surface area contributed by atoms with Crippen LogP contribution in [0.15, 0.2) is 48.7 Å². The van der Waals surface area contributed by atoms with Crippen molar-refractivity contribution in [3.8, 4) is 5.82 Å². The third-order valence-corrected chi connectivity index (χ3v) is 5.23. The summed E-state index contributed by atoms with van der Waals surface area (Å²) in [5.41, 5.74) is -0.805. The van der Waals surface area contributed by atoms with Crippen molar-refractivity contribution in [1.82, 2.24) is 25.1 Å². The summed E-state index contributed by atoms with van der Waals surface area (Å²) in [7, 11) is 1.42. The van der Waals surface area contributed by atoms with Gasteiger partial charge in [0.1, 0.15) is 5.69 Å². The molecule has 4 aromatic rings. The van der Waals surface area contributed by atoms with E-state index in [0.29, 0.717) is 27.3 Å². The van der Waals surface area contributed by atoms with Gasteiger partial charge in [-0.3, -0.25) is 14.6 Å². The summed E-state index contributed by atoms with van der Waals surface area (Å²) in [6, 6.07) is 10.3. The first-order valence-corrected chi connectivity index (χ1v) is 10.2. The molecule has 2 N–H and O–H groups in total. The fourth-order valence-electron chi connectivity index (χ4n) is 3.40. The summed E-state index contributed by atoms with van der Waals surface area (Å²) in [5.74, 6) is -1.63. The molecule has 174 valence electrons. The number of carbonyl (C=O) groups is 2. The lowest BCUT2D eigenvalue weighted by Crippen LogP contribution is -2.24. The van der Waals surface area contributed by atoms with Gasteiger partial charge >= 0.3 is 6.18 Å². The summed E-state index contributed by atoms with van der Waals surface area (Å²) in [6.45, 7) is 1.57. The lowest BCUT2D eigenvalue weighted by atomic mass is 10.0. The molecule has 12 heteroatoms. The number of rotatable bonds is 4. The van der Waals surface area contributed by atoms with Gasteiger partial charge in [-0.05, 0) is 25.1 Å². The molecule has 3 aromatic heterocycles. The number of hydrogen-bond acceptors (Lipinski definition) is 5. The fourth-order valence-corrected chi connectivity index (χ4v) is 3.60.